The molecule has 0 aromatic heterocycles. The number of anilines is 3. The standard InChI is InChI=1S/C25H22N4O5/c1-2-27(14-6-10-20-21(12-14)34-13-33-20)17-8-7-16-23-15(17)4-3-5-18(23)28(24(16)31)19-9-11-22(30)29(26)25(19)32/h3-8,10,12,19H,2,9,11,13,26H2,1H3. The van der Waals surface area contributed by atoms with Gasteiger partial charge in [0.2, 0.25) is 12.7 Å². The molecule has 172 valence electrons. The Hall–Kier alpha value is -4.11. The van der Waals surface area contributed by atoms with Crippen molar-refractivity contribution in [1.29, 1.82) is 0 Å². The molecule has 0 spiro atoms. The molecule has 3 aliphatic rings. The molecule has 3 heterocycles. The number of piperidine rings is 1. The number of hydrazine groups is 1. The fourth-order valence-corrected chi connectivity index (χ4v) is 5.11. The normalized spacial score (nSPS) is 18.9. The smallest absolute Gasteiger partial charge is 0.266 e. The van der Waals surface area contributed by atoms with Gasteiger partial charge in [-0.3, -0.25) is 19.3 Å². The van der Waals surface area contributed by atoms with Crippen molar-refractivity contribution in [2.45, 2.75) is 25.8 Å². The SMILES string of the molecule is CCN(c1ccc2c(c1)OCO2)c1ccc2c3c(cccc13)N(C1CCC(=O)N(N)C1=O)C2=O. The summed E-state index contributed by atoms with van der Waals surface area (Å²) >= 11 is 0. The van der Waals surface area contributed by atoms with Gasteiger partial charge in [-0.2, -0.15) is 0 Å². The van der Waals surface area contributed by atoms with Crippen LogP contribution in [0, 0.1) is 0 Å². The summed E-state index contributed by atoms with van der Waals surface area (Å²) in [6, 6.07) is 14.4. The summed E-state index contributed by atoms with van der Waals surface area (Å²) in [6.45, 7) is 2.94. The molecule has 0 bridgehead atoms. The Balaban J connectivity index is 1.46. The third-order valence-corrected chi connectivity index (χ3v) is 6.71. The van der Waals surface area contributed by atoms with Crippen molar-refractivity contribution in [1.82, 2.24) is 5.01 Å². The van der Waals surface area contributed by atoms with Crippen molar-refractivity contribution in [2.24, 2.45) is 5.84 Å². The third-order valence-electron chi connectivity index (χ3n) is 6.71. The second-order valence-electron chi connectivity index (χ2n) is 8.45. The Morgan fingerprint density at radius 3 is 2.71 bits per heavy atom. The Morgan fingerprint density at radius 1 is 1.06 bits per heavy atom. The molecule has 1 fully saturated rings. The van der Waals surface area contributed by atoms with Gasteiger partial charge in [0.1, 0.15) is 6.04 Å². The molecule has 6 rings (SSSR count). The number of fused-ring (bicyclic) bond motifs is 1. The predicted molar refractivity (Wildman–Crippen MR) is 125 cm³/mol. The van der Waals surface area contributed by atoms with Crippen LogP contribution in [0.15, 0.2) is 48.5 Å². The number of carbonyl (C=O) groups excluding carboxylic acids is 3. The lowest BCUT2D eigenvalue weighted by Gasteiger charge is -2.33. The molecule has 34 heavy (non-hydrogen) atoms. The van der Waals surface area contributed by atoms with Crippen molar-refractivity contribution >= 4 is 45.6 Å². The molecule has 9 nitrogen and oxygen atoms in total. The minimum absolute atomic E-state index is 0.113. The highest BCUT2D eigenvalue weighted by Crippen LogP contribution is 2.45. The topological polar surface area (TPSA) is 105 Å². The molecule has 0 radical (unpaired) electrons. The predicted octanol–water partition coefficient (Wildman–Crippen LogP) is 3.08. The number of carbonyl (C=O) groups is 3. The van der Waals surface area contributed by atoms with Gasteiger partial charge < -0.3 is 14.4 Å². The van der Waals surface area contributed by atoms with Crippen LogP contribution in [0.1, 0.15) is 30.1 Å². The Bertz CT molecular complexity index is 1390. The molecule has 3 aromatic rings. The van der Waals surface area contributed by atoms with Gasteiger partial charge in [0, 0.05) is 41.2 Å². The minimum atomic E-state index is -0.812. The molecule has 2 N–H and O–H groups in total. The van der Waals surface area contributed by atoms with E-state index < -0.39 is 17.9 Å². The first-order valence-electron chi connectivity index (χ1n) is 11.2. The maximum absolute atomic E-state index is 13.4. The molecular formula is C25H22N4O5. The van der Waals surface area contributed by atoms with Crippen LogP contribution in [0.5, 0.6) is 11.5 Å². The van der Waals surface area contributed by atoms with Crippen molar-refractivity contribution in [2.75, 3.05) is 23.1 Å². The lowest BCUT2D eigenvalue weighted by molar-refractivity contribution is -0.149. The summed E-state index contributed by atoms with van der Waals surface area (Å²) in [5.74, 6) is 5.83. The van der Waals surface area contributed by atoms with Gasteiger partial charge in [-0.1, -0.05) is 12.1 Å². The van der Waals surface area contributed by atoms with Gasteiger partial charge in [0.15, 0.2) is 11.5 Å². The van der Waals surface area contributed by atoms with Crippen LogP contribution >= 0.6 is 0 Å². The summed E-state index contributed by atoms with van der Waals surface area (Å²) in [5, 5.41) is 2.32. The van der Waals surface area contributed by atoms with E-state index in [0.717, 1.165) is 22.1 Å². The number of hydrogen-bond acceptors (Lipinski definition) is 7. The van der Waals surface area contributed by atoms with E-state index in [-0.39, 0.29) is 25.5 Å². The molecule has 3 amide bonds. The summed E-state index contributed by atoms with van der Waals surface area (Å²) in [5.41, 5.74) is 3.06. The third kappa shape index (κ3) is 2.80. The van der Waals surface area contributed by atoms with Crippen LogP contribution in [0.2, 0.25) is 0 Å². The fraction of sp³-hybridized carbons (Fsp3) is 0.240. The highest BCUT2D eigenvalue weighted by molar-refractivity contribution is 6.28. The molecule has 3 aromatic carbocycles. The van der Waals surface area contributed by atoms with Crippen molar-refractivity contribution < 1.29 is 23.9 Å². The van der Waals surface area contributed by atoms with Gasteiger partial charge in [-0.25, -0.2) is 10.9 Å². The van der Waals surface area contributed by atoms with Crippen LogP contribution in [0.25, 0.3) is 10.8 Å². The van der Waals surface area contributed by atoms with E-state index in [1.807, 2.05) is 42.5 Å². The van der Waals surface area contributed by atoms with Gasteiger partial charge in [-0.05, 0) is 43.7 Å². The molecule has 1 atom stereocenters. The zero-order valence-corrected chi connectivity index (χ0v) is 18.5. The molecule has 9 heteroatoms. The quantitative estimate of drug-likeness (QED) is 0.364. The molecule has 1 unspecified atom stereocenters. The second-order valence-corrected chi connectivity index (χ2v) is 8.45. The van der Waals surface area contributed by atoms with Gasteiger partial charge in [0.05, 0.1) is 11.3 Å². The summed E-state index contributed by atoms with van der Waals surface area (Å²) in [7, 11) is 0. The summed E-state index contributed by atoms with van der Waals surface area (Å²) < 4.78 is 11.0. The zero-order valence-electron chi connectivity index (χ0n) is 18.5. The molecule has 0 aliphatic carbocycles. The average molecular weight is 458 g/mol. The highest BCUT2D eigenvalue weighted by Gasteiger charge is 2.43. The van der Waals surface area contributed by atoms with Crippen LogP contribution in [-0.4, -0.2) is 42.1 Å². The van der Waals surface area contributed by atoms with Crippen molar-refractivity contribution in [3.8, 4) is 11.5 Å². The van der Waals surface area contributed by atoms with E-state index >= 15 is 0 Å². The van der Waals surface area contributed by atoms with E-state index in [2.05, 4.69) is 11.8 Å². The van der Waals surface area contributed by atoms with E-state index in [1.165, 1.54) is 4.90 Å². The number of hydrogen-bond donors (Lipinski definition) is 1. The molecule has 0 saturated carbocycles. The number of nitrogens with zero attached hydrogens (tertiary/aromatic N) is 3. The summed E-state index contributed by atoms with van der Waals surface area (Å²) in [4.78, 5) is 41.7. The fourth-order valence-electron chi connectivity index (χ4n) is 5.11. The van der Waals surface area contributed by atoms with Crippen molar-refractivity contribution in [3.63, 3.8) is 0 Å². The molecule has 1 saturated heterocycles. The molecular weight excluding hydrogens is 436 g/mol. The van der Waals surface area contributed by atoms with Crippen LogP contribution < -0.4 is 25.1 Å². The van der Waals surface area contributed by atoms with E-state index in [1.54, 1.807) is 6.07 Å². The van der Waals surface area contributed by atoms with Gasteiger partial charge >= 0.3 is 0 Å². The highest BCUT2D eigenvalue weighted by atomic mass is 16.7. The average Bonchev–Trinajstić information content (AvgIpc) is 3.43. The molecule has 3 aliphatic heterocycles. The first-order valence-corrected chi connectivity index (χ1v) is 11.2. The maximum atomic E-state index is 13.4. The first kappa shape index (κ1) is 20.5. The minimum Gasteiger partial charge on any atom is -0.454 e. The number of amides is 3. The number of nitrogens with two attached hydrogens (primary N) is 1. The van der Waals surface area contributed by atoms with Gasteiger partial charge in [0.25, 0.3) is 11.8 Å². The van der Waals surface area contributed by atoms with Crippen LogP contribution in [0.4, 0.5) is 17.1 Å². The lowest BCUT2D eigenvalue weighted by Crippen LogP contribution is -2.58. The van der Waals surface area contributed by atoms with E-state index in [4.69, 9.17) is 15.3 Å². The van der Waals surface area contributed by atoms with Gasteiger partial charge in [-0.15, -0.1) is 0 Å². The summed E-state index contributed by atoms with van der Waals surface area (Å²) in [6.07, 6.45) is 0.356. The number of ether oxygens (including phenoxy) is 2. The van der Waals surface area contributed by atoms with E-state index in [0.29, 0.717) is 34.3 Å². The number of rotatable bonds is 4. The zero-order chi connectivity index (χ0) is 23.6. The second kappa shape index (κ2) is 7.46. The number of benzene rings is 3. The van der Waals surface area contributed by atoms with Crippen LogP contribution in [-0.2, 0) is 9.59 Å². The Morgan fingerprint density at radius 2 is 1.88 bits per heavy atom. The first-order chi connectivity index (χ1) is 16.5. The maximum Gasteiger partial charge on any atom is 0.266 e. The lowest BCUT2D eigenvalue weighted by atomic mass is 10.0. The van der Waals surface area contributed by atoms with Crippen LogP contribution in [0.3, 0.4) is 0 Å². The Kier molecular flexibility index (Phi) is 4.50. The van der Waals surface area contributed by atoms with Crippen molar-refractivity contribution in [3.05, 3.63) is 54.1 Å². The largest absolute Gasteiger partial charge is 0.454 e. The number of imide groups is 1. The monoisotopic (exact) mass is 458 g/mol. The Labute approximate surface area is 195 Å². The van der Waals surface area contributed by atoms with E-state index in [9.17, 15) is 14.4 Å².